The number of benzene rings is 1. The summed E-state index contributed by atoms with van der Waals surface area (Å²) in [4.78, 5) is 27.8. The molecule has 31 heavy (non-hydrogen) atoms. The number of carbonyl (C=O) groups excluding carboxylic acids is 1. The van der Waals surface area contributed by atoms with Crippen molar-refractivity contribution in [1.82, 2.24) is 29.6 Å². The predicted molar refractivity (Wildman–Crippen MR) is 121 cm³/mol. The van der Waals surface area contributed by atoms with Crippen LogP contribution in [-0.2, 0) is 7.05 Å². The summed E-state index contributed by atoms with van der Waals surface area (Å²) in [7, 11) is 5.88. The van der Waals surface area contributed by atoms with Crippen LogP contribution in [0.1, 0.15) is 10.4 Å². The van der Waals surface area contributed by atoms with Gasteiger partial charge in [-0.15, -0.1) is 0 Å². The second-order valence-corrected chi connectivity index (χ2v) is 7.48. The van der Waals surface area contributed by atoms with E-state index in [9.17, 15) is 4.79 Å². The maximum absolute atomic E-state index is 12.7. The molecule has 2 N–H and O–H groups in total. The molecule has 4 rings (SSSR count). The molecule has 0 aliphatic heterocycles. The third-order valence-electron chi connectivity index (χ3n) is 4.73. The maximum atomic E-state index is 12.7. The minimum absolute atomic E-state index is 0.250. The average molecular weight is 416 g/mol. The lowest BCUT2D eigenvalue weighted by Gasteiger charge is -2.11. The highest BCUT2D eigenvalue weighted by molar-refractivity contribution is 6.04. The Morgan fingerprint density at radius 3 is 2.74 bits per heavy atom. The van der Waals surface area contributed by atoms with Crippen LogP contribution in [0.3, 0.4) is 0 Å². The van der Waals surface area contributed by atoms with Gasteiger partial charge in [-0.3, -0.25) is 14.8 Å². The van der Waals surface area contributed by atoms with Crippen LogP contribution in [0, 0.1) is 0 Å². The highest BCUT2D eigenvalue weighted by Crippen LogP contribution is 2.23. The third-order valence-corrected chi connectivity index (χ3v) is 4.73. The molecule has 0 saturated heterocycles. The zero-order valence-corrected chi connectivity index (χ0v) is 17.7. The van der Waals surface area contributed by atoms with E-state index in [0.717, 1.165) is 35.1 Å². The number of anilines is 2. The van der Waals surface area contributed by atoms with Crippen LogP contribution in [0.2, 0.25) is 0 Å². The van der Waals surface area contributed by atoms with Crippen molar-refractivity contribution in [2.24, 2.45) is 7.05 Å². The van der Waals surface area contributed by atoms with Gasteiger partial charge in [0, 0.05) is 55.2 Å². The number of amides is 1. The van der Waals surface area contributed by atoms with Gasteiger partial charge in [-0.2, -0.15) is 5.10 Å². The van der Waals surface area contributed by atoms with E-state index in [4.69, 9.17) is 0 Å². The summed E-state index contributed by atoms with van der Waals surface area (Å²) in [5.74, 6) is 0.607. The van der Waals surface area contributed by atoms with Crippen molar-refractivity contribution in [3.63, 3.8) is 0 Å². The summed E-state index contributed by atoms with van der Waals surface area (Å²) in [5, 5.41) is 11.1. The van der Waals surface area contributed by atoms with Gasteiger partial charge < -0.3 is 10.2 Å². The number of hydrogen-bond donors (Lipinski definition) is 2. The number of carbonyl (C=O) groups is 1. The van der Waals surface area contributed by atoms with E-state index in [1.807, 2.05) is 45.5 Å². The van der Waals surface area contributed by atoms with E-state index in [-0.39, 0.29) is 11.9 Å². The fourth-order valence-corrected chi connectivity index (χ4v) is 3.08. The summed E-state index contributed by atoms with van der Waals surface area (Å²) in [6.45, 7) is 1.60. The molecule has 0 atom stereocenters. The van der Waals surface area contributed by atoms with Gasteiger partial charge >= 0.3 is 0 Å². The molecule has 3 aromatic heterocycles. The molecule has 158 valence electrons. The van der Waals surface area contributed by atoms with Crippen molar-refractivity contribution in [3.8, 4) is 11.1 Å². The number of fused-ring (bicyclic) bond motifs is 1. The van der Waals surface area contributed by atoms with Crippen molar-refractivity contribution >= 4 is 28.6 Å². The second kappa shape index (κ2) is 8.88. The molecule has 0 aliphatic rings. The first-order valence-electron chi connectivity index (χ1n) is 9.90. The number of hydrogen-bond acceptors (Lipinski definition) is 7. The molecule has 0 radical (unpaired) electrons. The quantitative estimate of drug-likeness (QED) is 0.478. The van der Waals surface area contributed by atoms with Crippen LogP contribution in [0.5, 0.6) is 0 Å². The minimum Gasteiger partial charge on any atom is -0.369 e. The summed E-state index contributed by atoms with van der Waals surface area (Å²) < 4.78 is 1.75. The van der Waals surface area contributed by atoms with Crippen molar-refractivity contribution in [2.75, 3.05) is 37.8 Å². The highest BCUT2D eigenvalue weighted by Gasteiger charge is 2.11. The average Bonchev–Trinajstić information content (AvgIpc) is 3.19. The normalized spacial score (nSPS) is 11.1. The fourth-order valence-electron chi connectivity index (χ4n) is 3.08. The van der Waals surface area contributed by atoms with E-state index < -0.39 is 0 Å². The summed E-state index contributed by atoms with van der Waals surface area (Å²) in [6, 6.07) is 9.30. The van der Waals surface area contributed by atoms with Crippen molar-refractivity contribution in [3.05, 3.63) is 60.7 Å². The molecule has 0 fully saturated rings. The summed E-state index contributed by atoms with van der Waals surface area (Å²) >= 11 is 0. The van der Waals surface area contributed by atoms with Crippen LogP contribution < -0.4 is 10.6 Å². The van der Waals surface area contributed by atoms with Crippen LogP contribution >= 0.6 is 0 Å². The molecule has 1 aromatic carbocycles. The number of aromatic nitrogens is 5. The first-order chi connectivity index (χ1) is 15.0. The molecule has 3 heterocycles. The van der Waals surface area contributed by atoms with E-state index in [1.165, 1.54) is 0 Å². The van der Waals surface area contributed by atoms with Gasteiger partial charge in [0.1, 0.15) is 5.82 Å². The Labute approximate surface area is 180 Å². The van der Waals surface area contributed by atoms with Gasteiger partial charge in [0.05, 0.1) is 11.7 Å². The van der Waals surface area contributed by atoms with Gasteiger partial charge in [-0.25, -0.2) is 15.0 Å². The molecule has 4 aromatic rings. The molecule has 0 unspecified atom stereocenters. The van der Waals surface area contributed by atoms with Crippen LogP contribution in [0.25, 0.3) is 22.0 Å². The van der Waals surface area contributed by atoms with Gasteiger partial charge in [-0.05, 0) is 37.9 Å². The highest BCUT2D eigenvalue weighted by atomic mass is 16.1. The SMILES string of the molecule is CN(C)CCNc1cc(C(=O)Nc2ncc3ccc(-c4cnn(C)c4)cc3n2)ccn1. The van der Waals surface area contributed by atoms with Crippen LogP contribution in [0.4, 0.5) is 11.8 Å². The lowest BCUT2D eigenvalue weighted by molar-refractivity contribution is 0.102. The number of rotatable bonds is 7. The summed E-state index contributed by atoms with van der Waals surface area (Å²) in [6.07, 6.45) is 7.05. The largest absolute Gasteiger partial charge is 0.369 e. The zero-order chi connectivity index (χ0) is 21.8. The monoisotopic (exact) mass is 416 g/mol. The Balaban J connectivity index is 1.50. The lowest BCUT2D eigenvalue weighted by Crippen LogP contribution is -2.21. The molecule has 9 nitrogen and oxygen atoms in total. The molecule has 1 amide bonds. The molecular weight excluding hydrogens is 392 g/mol. The van der Waals surface area contributed by atoms with Crippen LogP contribution in [0.15, 0.2) is 55.1 Å². The first kappa shape index (κ1) is 20.4. The molecular formula is C22H24N8O. The summed E-state index contributed by atoms with van der Waals surface area (Å²) in [5.41, 5.74) is 3.22. The number of nitrogens with one attached hydrogen (secondary N) is 2. The maximum Gasteiger partial charge on any atom is 0.258 e. The molecule has 0 aliphatic carbocycles. The van der Waals surface area contributed by atoms with Gasteiger partial charge in [0.25, 0.3) is 5.91 Å². The standard InChI is InChI=1S/C22H24N8O/c1-29(2)9-8-24-20-11-16(6-7-23-20)21(31)28-22-25-12-17-5-4-15(10-19(17)27-22)18-13-26-30(3)14-18/h4-7,10-14H,8-9H2,1-3H3,(H,23,24)(H,25,27,28,31). The van der Waals surface area contributed by atoms with Crippen molar-refractivity contribution < 1.29 is 4.79 Å². The topological polar surface area (TPSA) is 101 Å². The fraction of sp³-hybridized carbons (Fsp3) is 0.227. The Bertz CT molecular complexity index is 1220. The Morgan fingerprint density at radius 2 is 1.97 bits per heavy atom. The number of aryl methyl sites for hydroxylation is 1. The van der Waals surface area contributed by atoms with Gasteiger partial charge in [0.15, 0.2) is 0 Å². The molecule has 0 saturated carbocycles. The van der Waals surface area contributed by atoms with Crippen molar-refractivity contribution in [1.29, 1.82) is 0 Å². The number of nitrogens with zero attached hydrogens (tertiary/aromatic N) is 6. The van der Waals surface area contributed by atoms with E-state index in [1.54, 1.807) is 35.4 Å². The van der Waals surface area contributed by atoms with Gasteiger partial charge in [-0.1, -0.05) is 12.1 Å². The Morgan fingerprint density at radius 1 is 1.10 bits per heavy atom. The van der Waals surface area contributed by atoms with E-state index in [2.05, 4.69) is 35.6 Å². The second-order valence-electron chi connectivity index (χ2n) is 7.48. The number of likely N-dealkylation sites (N-methyl/N-ethyl adjacent to an activating group) is 1. The third kappa shape index (κ3) is 5.01. The first-order valence-corrected chi connectivity index (χ1v) is 9.90. The molecule has 0 bridgehead atoms. The van der Waals surface area contributed by atoms with E-state index in [0.29, 0.717) is 11.4 Å². The molecule has 9 heteroatoms. The number of pyridine rings is 1. The Kier molecular flexibility index (Phi) is 5.85. The lowest BCUT2D eigenvalue weighted by atomic mass is 10.1. The zero-order valence-electron chi connectivity index (χ0n) is 17.7. The van der Waals surface area contributed by atoms with Gasteiger partial charge in [0.2, 0.25) is 5.95 Å². The molecule has 0 spiro atoms. The Hall–Kier alpha value is -3.85. The van der Waals surface area contributed by atoms with Crippen molar-refractivity contribution in [2.45, 2.75) is 0 Å². The predicted octanol–water partition coefficient (Wildman–Crippen LogP) is 2.65. The van der Waals surface area contributed by atoms with E-state index >= 15 is 0 Å². The van der Waals surface area contributed by atoms with Crippen LogP contribution in [-0.4, -0.2) is 62.7 Å². The minimum atomic E-state index is -0.291. The smallest absolute Gasteiger partial charge is 0.258 e.